The predicted molar refractivity (Wildman–Crippen MR) is 108 cm³/mol. The molecule has 0 fully saturated rings. The molecular formula is C21H23ClN4O. The van der Waals surface area contributed by atoms with Gasteiger partial charge in [-0.25, -0.2) is 4.68 Å². The van der Waals surface area contributed by atoms with Crippen molar-refractivity contribution >= 4 is 17.5 Å². The summed E-state index contributed by atoms with van der Waals surface area (Å²) < 4.78 is 1.72. The zero-order valence-corrected chi connectivity index (χ0v) is 16.5. The first-order valence-electron chi connectivity index (χ1n) is 8.75. The van der Waals surface area contributed by atoms with Gasteiger partial charge in [0.15, 0.2) is 0 Å². The van der Waals surface area contributed by atoms with Crippen molar-refractivity contribution in [1.29, 1.82) is 0 Å². The molecule has 3 aromatic rings. The maximum atomic E-state index is 12.6. The number of hydrogen-bond donors (Lipinski definition) is 1. The highest BCUT2D eigenvalue weighted by Gasteiger charge is 2.15. The largest absolute Gasteiger partial charge is 0.348 e. The Balaban J connectivity index is 1.66. The molecule has 1 heterocycles. The van der Waals surface area contributed by atoms with Gasteiger partial charge >= 0.3 is 0 Å². The summed E-state index contributed by atoms with van der Waals surface area (Å²) >= 11 is 6.05. The van der Waals surface area contributed by atoms with Crippen LogP contribution >= 0.6 is 11.6 Å². The van der Waals surface area contributed by atoms with Gasteiger partial charge in [-0.1, -0.05) is 41.9 Å². The van der Waals surface area contributed by atoms with E-state index in [-0.39, 0.29) is 5.91 Å². The van der Waals surface area contributed by atoms with Crippen molar-refractivity contribution in [2.24, 2.45) is 0 Å². The van der Waals surface area contributed by atoms with E-state index in [1.54, 1.807) is 16.9 Å². The van der Waals surface area contributed by atoms with E-state index in [9.17, 15) is 4.79 Å². The third-order valence-corrected chi connectivity index (χ3v) is 4.52. The van der Waals surface area contributed by atoms with Crippen molar-refractivity contribution in [3.05, 3.63) is 82.1 Å². The minimum atomic E-state index is -0.141. The van der Waals surface area contributed by atoms with Crippen molar-refractivity contribution in [2.75, 3.05) is 14.1 Å². The lowest BCUT2D eigenvalue weighted by Crippen LogP contribution is -2.23. The van der Waals surface area contributed by atoms with Gasteiger partial charge < -0.3 is 10.2 Å². The van der Waals surface area contributed by atoms with Gasteiger partial charge in [-0.15, -0.1) is 0 Å². The topological polar surface area (TPSA) is 50.2 Å². The highest BCUT2D eigenvalue weighted by atomic mass is 35.5. The quantitative estimate of drug-likeness (QED) is 0.705. The molecule has 6 heteroatoms. The zero-order valence-electron chi connectivity index (χ0n) is 15.7. The third kappa shape index (κ3) is 4.76. The van der Waals surface area contributed by atoms with Crippen LogP contribution in [0.3, 0.4) is 0 Å². The Morgan fingerprint density at radius 2 is 1.85 bits per heavy atom. The van der Waals surface area contributed by atoms with E-state index >= 15 is 0 Å². The maximum absolute atomic E-state index is 12.6. The lowest BCUT2D eigenvalue weighted by molar-refractivity contribution is 0.0950. The zero-order chi connectivity index (χ0) is 19.4. The lowest BCUT2D eigenvalue weighted by atomic mass is 10.1. The molecule has 0 atom stereocenters. The molecule has 140 valence electrons. The number of aromatic nitrogens is 2. The summed E-state index contributed by atoms with van der Waals surface area (Å²) in [5.74, 6) is -0.141. The van der Waals surface area contributed by atoms with Crippen LogP contribution in [0.25, 0.3) is 5.69 Å². The van der Waals surface area contributed by atoms with Gasteiger partial charge in [-0.3, -0.25) is 4.79 Å². The minimum absolute atomic E-state index is 0.141. The second kappa shape index (κ2) is 8.37. The third-order valence-electron chi connectivity index (χ3n) is 4.28. The fourth-order valence-corrected chi connectivity index (χ4v) is 3.09. The van der Waals surface area contributed by atoms with Crippen molar-refractivity contribution in [3.63, 3.8) is 0 Å². The number of carbonyl (C=O) groups excluding carboxylic acids is 1. The van der Waals surface area contributed by atoms with E-state index < -0.39 is 0 Å². The fraction of sp³-hybridized carbons (Fsp3) is 0.238. The molecule has 0 aliphatic carbocycles. The van der Waals surface area contributed by atoms with E-state index in [1.165, 1.54) is 5.56 Å². The Hall–Kier alpha value is -2.63. The SMILES string of the molecule is Cc1c(C(=O)NCc2ccc(CN(C)C)cc2)cnn1-c1cccc(Cl)c1. The van der Waals surface area contributed by atoms with E-state index in [1.807, 2.05) is 51.4 Å². The Kier molecular flexibility index (Phi) is 5.94. The second-order valence-corrected chi connectivity index (χ2v) is 7.21. The standard InChI is InChI=1S/C21H23ClN4O/c1-15-20(13-24-26(15)19-6-4-5-18(22)11-19)21(27)23-12-16-7-9-17(10-8-16)14-25(2)3/h4-11,13H,12,14H2,1-3H3,(H,23,27). The van der Waals surface area contributed by atoms with Crippen molar-refractivity contribution < 1.29 is 4.79 Å². The Bertz CT molecular complexity index is 932. The van der Waals surface area contributed by atoms with E-state index in [0.717, 1.165) is 23.5 Å². The van der Waals surface area contributed by atoms with E-state index in [4.69, 9.17) is 11.6 Å². The molecule has 3 rings (SSSR count). The van der Waals surface area contributed by atoms with Gasteiger partial charge in [0.2, 0.25) is 0 Å². The lowest BCUT2D eigenvalue weighted by Gasteiger charge is -2.10. The number of amides is 1. The number of nitrogens with zero attached hydrogens (tertiary/aromatic N) is 3. The Morgan fingerprint density at radius 1 is 1.15 bits per heavy atom. The monoisotopic (exact) mass is 382 g/mol. The molecule has 0 unspecified atom stereocenters. The first-order chi connectivity index (χ1) is 12.9. The first kappa shape index (κ1) is 19.1. The Morgan fingerprint density at radius 3 is 2.52 bits per heavy atom. The highest BCUT2D eigenvalue weighted by Crippen LogP contribution is 2.18. The van der Waals surface area contributed by atoms with Gasteiger partial charge in [0.25, 0.3) is 5.91 Å². The van der Waals surface area contributed by atoms with Gasteiger partial charge in [0.05, 0.1) is 23.1 Å². The number of carbonyl (C=O) groups is 1. The van der Waals surface area contributed by atoms with Crippen LogP contribution in [0.4, 0.5) is 0 Å². The maximum Gasteiger partial charge on any atom is 0.255 e. The minimum Gasteiger partial charge on any atom is -0.348 e. The van der Waals surface area contributed by atoms with Gasteiger partial charge in [0.1, 0.15) is 0 Å². The molecule has 2 aromatic carbocycles. The number of halogens is 1. The van der Waals surface area contributed by atoms with E-state index in [0.29, 0.717) is 17.1 Å². The van der Waals surface area contributed by atoms with E-state index in [2.05, 4.69) is 27.4 Å². The molecular weight excluding hydrogens is 360 g/mol. The molecule has 1 aromatic heterocycles. The van der Waals surface area contributed by atoms with Crippen LogP contribution in [-0.4, -0.2) is 34.7 Å². The summed E-state index contributed by atoms with van der Waals surface area (Å²) in [7, 11) is 4.08. The predicted octanol–water partition coefficient (Wildman–Crippen LogP) is 3.83. The van der Waals surface area contributed by atoms with Gasteiger partial charge in [0, 0.05) is 18.1 Å². The second-order valence-electron chi connectivity index (χ2n) is 6.77. The number of hydrogen-bond acceptors (Lipinski definition) is 3. The number of nitrogens with one attached hydrogen (secondary N) is 1. The van der Waals surface area contributed by atoms with Gasteiger partial charge in [-0.05, 0) is 50.3 Å². The summed E-state index contributed by atoms with van der Waals surface area (Å²) in [6.07, 6.45) is 1.59. The first-order valence-corrected chi connectivity index (χ1v) is 9.13. The molecule has 5 nitrogen and oxygen atoms in total. The molecule has 0 spiro atoms. The summed E-state index contributed by atoms with van der Waals surface area (Å²) in [5, 5.41) is 7.93. The summed E-state index contributed by atoms with van der Waals surface area (Å²) in [6, 6.07) is 15.7. The Labute approximate surface area is 164 Å². The van der Waals surface area contributed by atoms with Crippen LogP contribution in [-0.2, 0) is 13.1 Å². The van der Waals surface area contributed by atoms with Crippen LogP contribution in [0.15, 0.2) is 54.7 Å². The van der Waals surface area contributed by atoms with Crippen LogP contribution in [0.5, 0.6) is 0 Å². The molecule has 0 saturated heterocycles. The molecule has 0 radical (unpaired) electrons. The summed E-state index contributed by atoms with van der Waals surface area (Å²) in [5.41, 5.74) is 4.46. The smallest absolute Gasteiger partial charge is 0.255 e. The molecule has 1 amide bonds. The van der Waals surface area contributed by atoms with Crippen molar-refractivity contribution in [1.82, 2.24) is 20.0 Å². The van der Waals surface area contributed by atoms with Crippen molar-refractivity contribution in [3.8, 4) is 5.69 Å². The average Bonchev–Trinajstić information content (AvgIpc) is 3.02. The van der Waals surface area contributed by atoms with Crippen molar-refractivity contribution in [2.45, 2.75) is 20.0 Å². The number of benzene rings is 2. The molecule has 1 N–H and O–H groups in total. The summed E-state index contributed by atoms with van der Waals surface area (Å²) in [6.45, 7) is 3.25. The van der Waals surface area contributed by atoms with Crippen LogP contribution in [0.2, 0.25) is 5.02 Å². The summed E-state index contributed by atoms with van der Waals surface area (Å²) in [4.78, 5) is 14.7. The fourth-order valence-electron chi connectivity index (χ4n) is 2.91. The van der Waals surface area contributed by atoms with Crippen LogP contribution in [0.1, 0.15) is 27.2 Å². The highest BCUT2D eigenvalue weighted by molar-refractivity contribution is 6.30. The molecule has 0 saturated carbocycles. The normalized spacial score (nSPS) is 11.0. The van der Waals surface area contributed by atoms with Crippen LogP contribution in [0, 0.1) is 6.92 Å². The molecule has 27 heavy (non-hydrogen) atoms. The molecule has 0 aliphatic heterocycles. The molecule has 0 bridgehead atoms. The molecule has 0 aliphatic rings. The number of rotatable bonds is 6. The van der Waals surface area contributed by atoms with Crippen LogP contribution < -0.4 is 5.32 Å². The van der Waals surface area contributed by atoms with Gasteiger partial charge in [-0.2, -0.15) is 5.10 Å². The average molecular weight is 383 g/mol.